The third kappa shape index (κ3) is 4.97. The van der Waals surface area contributed by atoms with Crippen LogP contribution in [-0.2, 0) is 17.8 Å². The Hall–Kier alpha value is -1.61. The number of hydrogen-bond acceptors (Lipinski definition) is 4. The van der Waals surface area contributed by atoms with Gasteiger partial charge in [-0.3, -0.25) is 0 Å². The number of carbonyl (C=O) groups is 1. The molecule has 0 spiro atoms. The van der Waals surface area contributed by atoms with E-state index in [1.54, 1.807) is 18.2 Å². The van der Waals surface area contributed by atoms with Gasteiger partial charge in [0.2, 0.25) is 0 Å². The summed E-state index contributed by atoms with van der Waals surface area (Å²) < 4.78 is 42.6. The highest BCUT2D eigenvalue weighted by Gasteiger charge is 2.19. The van der Waals surface area contributed by atoms with Gasteiger partial charge < -0.3 is 14.2 Å². The molecule has 0 heterocycles. The van der Waals surface area contributed by atoms with Crippen molar-refractivity contribution >= 4 is 40.3 Å². The Morgan fingerprint density at radius 2 is 2.00 bits per heavy atom. The van der Waals surface area contributed by atoms with Crippen molar-refractivity contribution in [2.45, 2.75) is 26.4 Å². The summed E-state index contributed by atoms with van der Waals surface area (Å²) in [6.45, 7) is 1.76. The Kier molecular flexibility index (Phi) is 7.45. The zero-order chi connectivity index (χ0) is 19.3. The number of ether oxygens (including phenoxy) is 3. The molecule has 0 radical (unpaired) electrons. The van der Waals surface area contributed by atoms with Gasteiger partial charge in [0.25, 0.3) is 6.43 Å². The molecule has 2 aromatic rings. The van der Waals surface area contributed by atoms with Gasteiger partial charge >= 0.3 is 6.16 Å². The van der Waals surface area contributed by atoms with Crippen LogP contribution in [0.15, 0.2) is 30.3 Å². The second-order valence-electron chi connectivity index (χ2n) is 5.20. The highest BCUT2D eigenvalue weighted by Crippen LogP contribution is 2.35. The van der Waals surface area contributed by atoms with Gasteiger partial charge in [0.05, 0.1) is 12.7 Å². The van der Waals surface area contributed by atoms with Crippen LogP contribution >= 0.6 is 34.2 Å². The van der Waals surface area contributed by atoms with Crippen LogP contribution in [0, 0.1) is 3.57 Å². The smallest absolute Gasteiger partial charge is 0.488 e. The van der Waals surface area contributed by atoms with E-state index in [0.29, 0.717) is 22.6 Å². The van der Waals surface area contributed by atoms with E-state index in [1.165, 1.54) is 19.2 Å². The summed E-state index contributed by atoms with van der Waals surface area (Å²) in [6.07, 6.45) is -3.04. The molecule has 0 fully saturated rings. The molecule has 0 unspecified atom stereocenters. The van der Waals surface area contributed by atoms with Gasteiger partial charge in [-0.2, -0.15) is 0 Å². The third-order valence-corrected chi connectivity index (χ3v) is 4.97. The van der Waals surface area contributed by atoms with Crippen LogP contribution in [0.4, 0.5) is 13.6 Å². The fourth-order valence-corrected chi connectivity index (χ4v) is 3.16. The zero-order valence-electron chi connectivity index (χ0n) is 14.0. The van der Waals surface area contributed by atoms with Gasteiger partial charge in [-0.05, 0) is 58.8 Å². The zero-order valence-corrected chi connectivity index (χ0v) is 16.9. The largest absolute Gasteiger partial charge is 0.513 e. The van der Waals surface area contributed by atoms with Crippen molar-refractivity contribution in [3.63, 3.8) is 0 Å². The van der Waals surface area contributed by atoms with Crippen LogP contribution in [0.1, 0.15) is 30.0 Å². The Morgan fingerprint density at radius 1 is 1.27 bits per heavy atom. The molecular formula is C18H16ClF2IO4. The quantitative estimate of drug-likeness (QED) is 0.273. The maximum Gasteiger partial charge on any atom is 0.513 e. The van der Waals surface area contributed by atoms with Crippen molar-refractivity contribution in [3.8, 4) is 11.5 Å². The van der Waals surface area contributed by atoms with E-state index < -0.39 is 12.6 Å². The van der Waals surface area contributed by atoms with Crippen LogP contribution < -0.4 is 9.47 Å². The first-order valence-electron chi connectivity index (χ1n) is 7.63. The molecule has 140 valence electrons. The number of methoxy groups -OCH3 is 1. The van der Waals surface area contributed by atoms with E-state index in [2.05, 4.69) is 4.74 Å². The van der Waals surface area contributed by atoms with Crippen molar-refractivity contribution in [1.82, 2.24) is 0 Å². The summed E-state index contributed by atoms with van der Waals surface area (Å²) in [5, 5.41) is 0.362. The molecule has 26 heavy (non-hydrogen) atoms. The van der Waals surface area contributed by atoms with E-state index in [0.717, 1.165) is 3.57 Å². The van der Waals surface area contributed by atoms with Gasteiger partial charge in [0.1, 0.15) is 18.1 Å². The minimum absolute atomic E-state index is 0.00845. The molecule has 0 aliphatic carbocycles. The molecule has 0 saturated heterocycles. The molecule has 0 bridgehead atoms. The number of rotatable bonds is 6. The molecule has 4 nitrogen and oxygen atoms in total. The van der Waals surface area contributed by atoms with Gasteiger partial charge in [0.15, 0.2) is 0 Å². The summed E-state index contributed by atoms with van der Waals surface area (Å²) in [5.74, 6) is 0.226. The number of aryl methyl sites for hydroxylation is 1. The van der Waals surface area contributed by atoms with E-state index in [-0.39, 0.29) is 23.7 Å². The first kappa shape index (κ1) is 20.7. The monoisotopic (exact) mass is 496 g/mol. The average molecular weight is 497 g/mol. The van der Waals surface area contributed by atoms with Crippen LogP contribution in [-0.4, -0.2) is 13.3 Å². The minimum atomic E-state index is -2.70. The lowest BCUT2D eigenvalue weighted by molar-refractivity contribution is 0.120. The molecular weight excluding hydrogens is 481 g/mol. The summed E-state index contributed by atoms with van der Waals surface area (Å²) in [4.78, 5) is 11.4. The number of hydrogen-bond donors (Lipinski definition) is 0. The minimum Gasteiger partial charge on any atom is -0.488 e. The second-order valence-corrected chi connectivity index (χ2v) is 6.77. The SMILES string of the molecule is CCc1cc(C(F)F)c(OCc2c(I)cccc2OC(=O)OC)cc1Cl. The first-order valence-corrected chi connectivity index (χ1v) is 9.09. The molecule has 0 atom stereocenters. The molecule has 0 aromatic heterocycles. The maximum absolute atomic E-state index is 13.4. The normalized spacial score (nSPS) is 10.7. The molecule has 0 saturated carbocycles. The highest BCUT2D eigenvalue weighted by atomic mass is 127. The highest BCUT2D eigenvalue weighted by molar-refractivity contribution is 14.1. The topological polar surface area (TPSA) is 44.8 Å². The van der Waals surface area contributed by atoms with E-state index >= 15 is 0 Å². The number of alkyl halides is 2. The van der Waals surface area contributed by atoms with Crippen molar-refractivity contribution in [3.05, 3.63) is 55.6 Å². The standard InChI is InChI=1S/C18H16ClF2IO4/c1-3-10-7-11(17(20)21)16(8-13(10)19)25-9-12-14(22)5-4-6-15(12)26-18(23)24-2/h4-8,17H,3,9H2,1-2H3. The van der Waals surface area contributed by atoms with Gasteiger partial charge in [-0.1, -0.05) is 24.6 Å². The van der Waals surface area contributed by atoms with Crippen LogP contribution in [0.2, 0.25) is 5.02 Å². The van der Waals surface area contributed by atoms with Crippen molar-refractivity contribution < 1.29 is 27.8 Å². The molecule has 0 aliphatic heterocycles. The van der Waals surface area contributed by atoms with Crippen molar-refractivity contribution in [2.75, 3.05) is 7.11 Å². The molecule has 8 heteroatoms. The van der Waals surface area contributed by atoms with E-state index in [4.69, 9.17) is 21.1 Å². The second kappa shape index (κ2) is 9.36. The molecule has 0 aliphatic rings. The van der Waals surface area contributed by atoms with E-state index in [9.17, 15) is 13.6 Å². The average Bonchev–Trinajstić information content (AvgIpc) is 2.60. The van der Waals surface area contributed by atoms with Gasteiger partial charge in [-0.15, -0.1) is 0 Å². The third-order valence-electron chi connectivity index (χ3n) is 3.60. The number of carbonyl (C=O) groups excluding carboxylic acids is 1. The summed E-state index contributed by atoms with van der Waals surface area (Å²) in [7, 11) is 1.19. The number of halogens is 4. The van der Waals surface area contributed by atoms with Crippen molar-refractivity contribution in [1.29, 1.82) is 0 Å². The Labute approximate surface area is 168 Å². The van der Waals surface area contributed by atoms with Crippen LogP contribution in [0.3, 0.4) is 0 Å². The first-order chi connectivity index (χ1) is 12.4. The fourth-order valence-electron chi connectivity index (χ4n) is 2.24. The molecule has 0 N–H and O–H groups in total. The Bertz CT molecular complexity index is 799. The van der Waals surface area contributed by atoms with Gasteiger partial charge in [-0.25, -0.2) is 13.6 Å². The summed E-state index contributed by atoms with van der Waals surface area (Å²) >= 11 is 8.17. The lowest BCUT2D eigenvalue weighted by Crippen LogP contribution is -2.11. The van der Waals surface area contributed by atoms with E-state index in [1.807, 2.05) is 29.5 Å². The predicted molar refractivity (Wildman–Crippen MR) is 102 cm³/mol. The predicted octanol–water partition coefficient (Wildman–Crippen LogP) is 6.17. The maximum atomic E-state index is 13.4. The van der Waals surface area contributed by atoms with Crippen LogP contribution in [0.5, 0.6) is 11.5 Å². The molecule has 2 aromatic carbocycles. The van der Waals surface area contributed by atoms with Crippen molar-refractivity contribution in [2.24, 2.45) is 0 Å². The fraction of sp³-hybridized carbons (Fsp3) is 0.278. The molecule has 0 amide bonds. The lowest BCUT2D eigenvalue weighted by atomic mass is 10.1. The Morgan fingerprint density at radius 3 is 2.62 bits per heavy atom. The van der Waals surface area contributed by atoms with Crippen LogP contribution in [0.25, 0.3) is 0 Å². The number of benzene rings is 2. The summed E-state index contributed by atoms with van der Waals surface area (Å²) in [6, 6.07) is 7.78. The van der Waals surface area contributed by atoms with Gasteiger partial charge in [0, 0.05) is 14.2 Å². The Balaban J connectivity index is 2.32. The molecule has 2 rings (SSSR count). The lowest BCUT2D eigenvalue weighted by Gasteiger charge is -2.16. The summed E-state index contributed by atoms with van der Waals surface area (Å²) in [5.41, 5.74) is 0.931.